The minimum absolute atomic E-state index is 0.0938. The SMILES string of the molecule is O=C(Cc1cccc(Cl)c1)c1cc[c]cc1. The molecule has 0 heterocycles. The lowest BCUT2D eigenvalue weighted by atomic mass is 10.0. The molecule has 0 aliphatic heterocycles. The van der Waals surface area contributed by atoms with E-state index >= 15 is 0 Å². The molecule has 16 heavy (non-hydrogen) atoms. The van der Waals surface area contributed by atoms with Crippen LogP contribution in [-0.2, 0) is 6.42 Å². The molecule has 1 radical (unpaired) electrons. The van der Waals surface area contributed by atoms with E-state index in [2.05, 4.69) is 6.07 Å². The normalized spacial score (nSPS) is 10.1. The maximum Gasteiger partial charge on any atom is 0.167 e. The Bertz CT molecular complexity index is 491. The monoisotopic (exact) mass is 229 g/mol. The van der Waals surface area contributed by atoms with Gasteiger partial charge in [0.05, 0.1) is 0 Å². The van der Waals surface area contributed by atoms with Crippen LogP contribution in [0.25, 0.3) is 0 Å². The van der Waals surface area contributed by atoms with Crippen molar-refractivity contribution in [3.63, 3.8) is 0 Å². The molecule has 79 valence electrons. The highest BCUT2D eigenvalue weighted by atomic mass is 35.5. The maximum atomic E-state index is 11.9. The van der Waals surface area contributed by atoms with E-state index in [1.54, 1.807) is 30.3 Å². The van der Waals surface area contributed by atoms with Gasteiger partial charge in [0.25, 0.3) is 0 Å². The summed E-state index contributed by atoms with van der Waals surface area (Å²) >= 11 is 5.86. The van der Waals surface area contributed by atoms with Gasteiger partial charge in [0.15, 0.2) is 5.78 Å². The fourth-order valence-corrected chi connectivity index (χ4v) is 1.72. The fraction of sp³-hybridized carbons (Fsp3) is 0.0714. The van der Waals surface area contributed by atoms with Crippen LogP contribution in [0.1, 0.15) is 15.9 Å². The summed E-state index contributed by atoms with van der Waals surface area (Å²) in [6.45, 7) is 0. The van der Waals surface area contributed by atoms with Crippen LogP contribution in [0, 0.1) is 6.07 Å². The average Bonchev–Trinajstić information content (AvgIpc) is 2.30. The van der Waals surface area contributed by atoms with E-state index < -0.39 is 0 Å². The highest BCUT2D eigenvalue weighted by Crippen LogP contribution is 2.13. The third kappa shape index (κ3) is 2.71. The van der Waals surface area contributed by atoms with Gasteiger partial charge in [-0.1, -0.05) is 48.0 Å². The summed E-state index contributed by atoms with van der Waals surface area (Å²) in [6, 6.07) is 17.3. The topological polar surface area (TPSA) is 17.1 Å². The Morgan fingerprint density at radius 3 is 2.62 bits per heavy atom. The van der Waals surface area contributed by atoms with E-state index in [-0.39, 0.29) is 5.78 Å². The second kappa shape index (κ2) is 4.95. The third-order valence-corrected chi connectivity index (χ3v) is 2.53. The number of ketones is 1. The molecule has 2 rings (SSSR count). The number of Topliss-reactive ketones (excluding diaryl/α,β-unsaturated/α-hetero) is 1. The number of benzene rings is 2. The second-order valence-corrected chi connectivity index (χ2v) is 3.95. The predicted octanol–water partition coefficient (Wildman–Crippen LogP) is 3.57. The Morgan fingerprint density at radius 2 is 1.94 bits per heavy atom. The van der Waals surface area contributed by atoms with Crippen molar-refractivity contribution in [2.75, 3.05) is 0 Å². The smallest absolute Gasteiger partial charge is 0.167 e. The average molecular weight is 230 g/mol. The Morgan fingerprint density at radius 1 is 1.19 bits per heavy atom. The Balaban J connectivity index is 2.14. The largest absolute Gasteiger partial charge is 0.294 e. The van der Waals surface area contributed by atoms with Crippen LogP contribution in [-0.4, -0.2) is 5.78 Å². The van der Waals surface area contributed by atoms with Crippen molar-refractivity contribution >= 4 is 17.4 Å². The lowest BCUT2D eigenvalue weighted by Gasteiger charge is -2.01. The molecule has 0 N–H and O–H groups in total. The summed E-state index contributed by atoms with van der Waals surface area (Å²) in [5.74, 6) is 0.0938. The van der Waals surface area contributed by atoms with Crippen molar-refractivity contribution in [1.82, 2.24) is 0 Å². The van der Waals surface area contributed by atoms with Crippen LogP contribution >= 0.6 is 11.6 Å². The molecule has 0 aliphatic rings. The Hall–Kier alpha value is -1.60. The molecule has 1 nitrogen and oxygen atoms in total. The van der Waals surface area contributed by atoms with Gasteiger partial charge in [0.2, 0.25) is 0 Å². The predicted molar refractivity (Wildman–Crippen MR) is 64.8 cm³/mol. The molecule has 0 fully saturated rings. The summed E-state index contributed by atoms with van der Waals surface area (Å²) in [5.41, 5.74) is 1.64. The van der Waals surface area contributed by atoms with Gasteiger partial charge in [-0.3, -0.25) is 4.79 Å². The number of carbonyl (C=O) groups excluding carboxylic acids is 1. The molecular formula is C14H10ClO. The van der Waals surface area contributed by atoms with Gasteiger partial charge in [-0.2, -0.15) is 0 Å². The van der Waals surface area contributed by atoms with Crippen molar-refractivity contribution in [3.8, 4) is 0 Å². The van der Waals surface area contributed by atoms with Crippen molar-refractivity contribution in [2.45, 2.75) is 6.42 Å². The van der Waals surface area contributed by atoms with E-state index in [9.17, 15) is 4.79 Å². The molecule has 2 aromatic rings. The molecule has 2 aromatic carbocycles. The van der Waals surface area contributed by atoms with Gasteiger partial charge < -0.3 is 0 Å². The highest BCUT2D eigenvalue weighted by Gasteiger charge is 2.06. The summed E-state index contributed by atoms with van der Waals surface area (Å²) in [4.78, 5) is 11.9. The molecule has 0 spiro atoms. The van der Waals surface area contributed by atoms with Gasteiger partial charge in [0, 0.05) is 17.0 Å². The van der Waals surface area contributed by atoms with Gasteiger partial charge in [-0.25, -0.2) is 0 Å². The first kappa shape index (κ1) is 10.9. The second-order valence-electron chi connectivity index (χ2n) is 3.52. The molecule has 2 heteroatoms. The highest BCUT2D eigenvalue weighted by molar-refractivity contribution is 6.30. The van der Waals surface area contributed by atoms with Crippen molar-refractivity contribution in [3.05, 3.63) is 70.7 Å². The first-order valence-corrected chi connectivity index (χ1v) is 5.37. The van der Waals surface area contributed by atoms with Crippen LogP contribution < -0.4 is 0 Å². The molecule has 0 aliphatic carbocycles. The molecule has 0 bridgehead atoms. The molecule has 0 aromatic heterocycles. The molecule has 0 atom stereocenters. The summed E-state index contributed by atoms with van der Waals surface area (Å²) in [7, 11) is 0. The van der Waals surface area contributed by atoms with E-state index in [0.717, 1.165) is 5.56 Å². The summed E-state index contributed by atoms with van der Waals surface area (Å²) < 4.78 is 0. The zero-order valence-electron chi connectivity index (χ0n) is 8.61. The maximum absolute atomic E-state index is 11.9. The lowest BCUT2D eigenvalue weighted by Crippen LogP contribution is -2.02. The number of halogens is 1. The van der Waals surface area contributed by atoms with Crippen LogP contribution in [0.4, 0.5) is 0 Å². The summed E-state index contributed by atoms with van der Waals surface area (Å²) in [5, 5.41) is 0.659. The van der Waals surface area contributed by atoms with Crippen LogP contribution in [0.3, 0.4) is 0 Å². The van der Waals surface area contributed by atoms with E-state index in [4.69, 9.17) is 11.6 Å². The van der Waals surface area contributed by atoms with E-state index in [1.165, 1.54) is 0 Å². The summed E-state index contributed by atoms with van der Waals surface area (Å²) in [6.07, 6.45) is 0.380. The number of hydrogen-bond acceptors (Lipinski definition) is 1. The third-order valence-electron chi connectivity index (χ3n) is 2.29. The van der Waals surface area contributed by atoms with E-state index in [0.29, 0.717) is 17.0 Å². The van der Waals surface area contributed by atoms with Crippen LogP contribution in [0.2, 0.25) is 5.02 Å². The minimum Gasteiger partial charge on any atom is -0.294 e. The van der Waals surface area contributed by atoms with Crippen LogP contribution in [0.15, 0.2) is 48.5 Å². The number of carbonyl (C=O) groups is 1. The molecule has 0 amide bonds. The number of hydrogen-bond donors (Lipinski definition) is 0. The lowest BCUT2D eigenvalue weighted by molar-refractivity contribution is 0.0993. The minimum atomic E-state index is 0.0938. The van der Waals surface area contributed by atoms with Gasteiger partial charge in [0.1, 0.15) is 0 Å². The van der Waals surface area contributed by atoms with Gasteiger partial charge in [-0.05, 0) is 23.8 Å². The number of rotatable bonds is 3. The first-order chi connectivity index (χ1) is 7.75. The first-order valence-electron chi connectivity index (χ1n) is 4.99. The molecule has 0 saturated carbocycles. The molecular weight excluding hydrogens is 220 g/mol. The van der Waals surface area contributed by atoms with Crippen LogP contribution in [0.5, 0.6) is 0 Å². The quantitative estimate of drug-likeness (QED) is 0.736. The standard InChI is InChI=1S/C14H10ClO/c15-13-8-4-5-11(9-13)10-14(16)12-6-2-1-3-7-12/h2-9H,10H2. The zero-order valence-corrected chi connectivity index (χ0v) is 9.37. The fourth-order valence-electron chi connectivity index (χ4n) is 1.51. The van der Waals surface area contributed by atoms with Gasteiger partial charge in [-0.15, -0.1) is 0 Å². The van der Waals surface area contributed by atoms with Crippen molar-refractivity contribution in [1.29, 1.82) is 0 Å². The van der Waals surface area contributed by atoms with Crippen molar-refractivity contribution in [2.24, 2.45) is 0 Å². The van der Waals surface area contributed by atoms with E-state index in [1.807, 2.05) is 18.2 Å². The van der Waals surface area contributed by atoms with Gasteiger partial charge >= 0.3 is 0 Å². The zero-order chi connectivity index (χ0) is 11.4. The Labute approximate surface area is 99.7 Å². The van der Waals surface area contributed by atoms with Crippen molar-refractivity contribution < 1.29 is 4.79 Å². The molecule has 0 unspecified atom stereocenters. The Kier molecular flexibility index (Phi) is 3.37. The molecule has 0 saturated heterocycles.